The molecule has 0 amide bonds. The number of hydrogen-bond donors (Lipinski definition) is 0. The van der Waals surface area contributed by atoms with Crippen LogP contribution in [0, 0.1) is 6.92 Å². The maximum atomic E-state index is 10.4. The smallest absolute Gasteiger partial charge is 0.150 e. The number of carbonyl (C=O) groups excluding carboxylic acids is 1. The molecule has 0 bridgehead atoms. The van der Waals surface area contributed by atoms with Crippen molar-refractivity contribution in [3.05, 3.63) is 84.2 Å². The standard InChI is InChI=1S/C10H7NO.C10H9N/c12-7-8-3-4-9-2-1-5-11-10(9)6-8;1-8-4-5-9-3-2-6-11-10(9)7-8/h1-7H;2-7H,1H3. The summed E-state index contributed by atoms with van der Waals surface area (Å²) in [6.45, 7) is 2.08. The number of aldehydes is 1. The number of rotatable bonds is 1. The van der Waals surface area contributed by atoms with Crippen LogP contribution >= 0.6 is 0 Å². The zero-order valence-corrected chi connectivity index (χ0v) is 12.8. The summed E-state index contributed by atoms with van der Waals surface area (Å²) in [5.41, 5.74) is 3.87. The highest BCUT2D eigenvalue weighted by Crippen LogP contribution is 2.12. The topological polar surface area (TPSA) is 42.9 Å². The number of aromatic nitrogens is 2. The van der Waals surface area contributed by atoms with Crippen LogP contribution in [0.25, 0.3) is 21.8 Å². The Morgan fingerprint density at radius 1 is 0.783 bits per heavy atom. The fourth-order valence-corrected chi connectivity index (χ4v) is 2.33. The Bertz CT molecular complexity index is 963. The molecule has 0 saturated carbocycles. The fourth-order valence-electron chi connectivity index (χ4n) is 2.33. The molecule has 0 aliphatic rings. The van der Waals surface area contributed by atoms with E-state index in [1.165, 1.54) is 10.9 Å². The van der Waals surface area contributed by atoms with Gasteiger partial charge in [0.2, 0.25) is 0 Å². The molecule has 4 aromatic rings. The second kappa shape index (κ2) is 6.79. The van der Waals surface area contributed by atoms with Crippen LogP contribution in [0.5, 0.6) is 0 Å². The normalized spacial score (nSPS) is 10.1. The van der Waals surface area contributed by atoms with Crippen molar-refractivity contribution in [3.8, 4) is 0 Å². The lowest BCUT2D eigenvalue weighted by molar-refractivity contribution is 0.112. The first-order valence-electron chi connectivity index (χ1n) is 7.37. The number of fused-ring (bicyclic) bond motifs is 2. The third-order valence-corrected chi connectivity index (χ3v) is 3.53. The van der Waals surface area contributed by atoms with Crippen LogP contribution in [0.4, 0.5) is 0 Å². The molecule has 0 spiro atoms. The Balaban J connectivity index is 0.000000136. The van der Waals surface area contributed by atoms with E-state index in [2.05, 4.69) is 41.2 Å². The van der Waals surface area contributed by atoms with Gasteiger partial charge in [0.05, 0.1) is 11.0 Å². The number of aryl methyl sites for hydroxylation is 1. The van der Waals surface area contributed by atoms with E-state index in [9.17, 15) is 4.79 Å². The average Bonchev–Trinajstić information content (AvgIpc) is 2.61. The first-order valence-corrected chi connectivity index (χ1v) is 7.37. The molecule has 112 valence electrons. The molecule has 0 radical (unpaired) electrons. The Morgan fingerprint density at radius 2 is 1.39 bits per heavy atom. The van der Waals surface area contributed by atoms with Crippen LogP contribution in [0.1, 0.15) is 15.9 Å². The van der Waals surface area contributed by atoms with Crippen LogP contribution in [-0.4, -0.2) is 16.3 Å². The molecule has 2 aromatic carbocycles. The van der Waals surface area contributed by atoms with Crippen molar-refractivity contribution in [3.63, 3.8) is 0 Å². The fraction of sp³-hybridized carbons (Fsp3) is 0.0500. The lowest BCUT2D eigenvalue weighted by atomic mass is 10.1. The summed E-state index contributed by atoms with van der Waals surface area (Å²) in [6.07, 6.45) is 4.37. The summed E-state index contributed by atoms with van der Waals surface area (Å²) in [5.74, 6) is 0. The number of pyridine rings is 2. The maximum absolute atomic E-state index is 10.4. The summed E-state index contributed by atoms with van der Waals surface area (Å²) in [6, 6.07) is 19.6. The van der Waals surface area contributed by atoms with Crippen LogP contribution in [0.15, 0.2) is 73.1 Å². The van der Waals surface area contributed by atoms with Gasteiger partial charge in [-0.15, -0.1) is 0 Å². The lowest BCUT2D eigenvalue weighted by Gasteiger charge is -1.95. The zero-order valence-electron chi connectivity index (χ0n) is 12.8. The molecule has 0 saturated heterocycles. The Labute approximate surface area is 134 Å². The zero-order chi connectivity index (χ0) is 16.1. The van der Waals surface area contributed by atoms with E-state index < -0.39 is 0 Å². The predicted molar refractivity (Wildman–Crippen MR) is 93.6 cm³/mol. The molecule has 0 aliphatic carbocycles. The quantitative estimate of drug-likeness (QED) is 0.483. The third-order valence-electron chi connectivity index (χ3n) is 3.53. The number of nitrogens with zero attached hydrogens (tertiary/aromatic N) is 2. The van der Waals surface area contributed by atoms with Gasteiger partial charge in [-0.2, -0.15) is 0 Å². The average molecular weight is 300 g/mol. The molecule has 23 heavy (non-hydrogen) atoms. The lowest BCUT2D eigenvalue weighted by Crippen LogP contribution is -1.81. The van der Waals surface area contributed by atoms with Crippen molar-refractivity contribution in [2.75, 3.05) is 0 Å². The second-order valence-electron chi connectivity index (χ2n) is 5.27. The summed E-state index contributed by atoms with van der Waals surface area (Å²) >= 11 is 0. The highest BCUT2D eigenvalue weighted by Gasteiger charge is 1.94. The largest absolute Gasteiger partial charge is 0.298 e. The van der Waals surface area contributed by atoms with Gasteiger partial charge in [0.1, 0.15) is 6.29 Å². The van der Waals surface area contributed by atoms with Gasteiger partial charge >= 0.3 is 0 Å². The van der Waals surface area contributed by atoms with E-state index in [0.717, 1.165) is 22.7 Å². The number of benzene rings is 2. The minimum Gasteiger partial charge on any atom is -0.298 e. The molecule has 3 nitrogen and oxygen atoms in total. The minimum absolute atomic E-state index is 0.668. The molecule has 4 rings (SSSR count). The van der Waals surface area contributed by atoms with Gasteiger partial charge in [0.15, 0.2) is 0 Å². The van der Waals surface area contributed by atoms with Gasteiger partial charge in [0, 0.05) is 28.7 Å². The van der Waals surface area contributed by atoms with Gasteiger partial charge in [0.25, 0.3) is 0 Å². The van der Waals surface area contributed by atoms with E-state index in [-0.39, 0.29) is 0 Å². The maximum Gasteiger partial charge on any atom is 0.150 e. The summed E-state index contributed by atoms with van der Waals surface area (Å²) < 4.78 is 0. The molecule has 3 heteroatoms. The van der Waals surface area contributed by atoms with Crippen molar-refractivity contribution in [1.82, 2.24) is 9.97 Å². The van der Waals surface area contributed by atoms with Crippen molar-refractivity contribution in [1.29, 1.82) is 0 Å². The third kappa shape index (κ3) is 3.58. The van der Waals surface area contributed by atoms with Gasteiger partial charge in [-0.1, -0.05) is 36.4 Å². The number of carbonyl (C=O) groups is 1. The molecule has 0 unspecified atom stereocenters. The second-order valence-corrected chi connectivity index (χ2v) is 5.27. The van der Waals surface area contributed by atoms with Gasteiger partial charge in [-0.05, 0) is 36.8 Å². The molecular weight excluding hydrogens is 284 g/mol. The van der Waals surface area contributed by atoms with Gasteiger partial charge < -0.3 is 0 Å². The first-order chi connectivity index (χ1) is 11.3. The number of hydrogen-bond acceptors (Lipinski definition) is 3. The summed E-state index contributed by atoms with van der Waals surface area (Å²) in [7, 11) is 0. The highest BCUT2D eigenvalue weighted by molar-refractivity contribution is 5.86. The summed E-state index contributed by atoms with van der Waals surface area (Å²) in [4.78, 5) is 18.8. The van der Waals surface area contributed by atoms with E-state index in [4.69, 9.17) is 0 Å². The van der Waals surface area contributed by atoms with E-state index in [1.54, 1.807) is 18.3 Å². The molecule has 0 aliphatic heterocycles. The highest BCUT2D eigenvalue weighted by atomic mass is 16.1. The van der Waals surface area contributed by atoms with Crippen molar-refractivity contribution >= 4 is 28.1 Å². The van der Waals surface area contributed by atoms with Crippen LogP contribution in [0.2, 0.25) is 0 Å². The predicted octanol–water partition coefficient (Wildman–Crippen LogP) is 4.59. The Kier molecular flexibility index (Phi) is 4.39. The van der Waals surface area contributed by atoms with Gasteiger partial charge in [-0.25, -0.2) is 0 Å². The minimum atomic E-state index is 0.668. The van der Waals surface area contributed by atoms with Crippen LogP contribution in [-0.2, 0) is 0 Å². The van der Waals surface area contributed by atoms with Crippen molar-refractivity contribution in [2.45, 2.75) is 6.92 Å². The van der Waals surface area contributed by atoms with E-state index in [0.29, 0.717) is 5.56 Å². The van der Waals surface area contributed by atoms with Crippen molar-refractivity contribution < 1.29 is 4.79 Å². The monoisotopic (exact) mass is 300 g/mol. The van der Waals surface area contributed by atoms with Crippen molar-refractivity contribution in [2.24, 2.45) is 0 Å². The molecule has 0 N–H and O–H groups in total. The van der Waals surface area contributed by atoms with E-state index >= 15 is 0 Å². The van der Waals surface area contributed by atoms with Gasteiger partial charge in [-0.3, -0.25) is 14.8 Å². The SMILES string of the molecule is Cc1ccc2cccnc2c1.O=Cc1ccc2cccnc2c1. The van der Waals surface area contributed by atoms with Crippen LogP contribution in [0.3, 0.4) is 0 Å². The van der Waals surface area contributed by atoms with E-state index in [1.807, 2.05) is 30.5 Å². The Hall–Kier alpha value is -3.07. The molecule has 2 aromatic heterocycles. The summed E-state index contributed by atoms with van der Waals surface area (Å²) in [5, 5.41) is 2.27. The Morgan fingerprint density at radius 3 is 2.04 bits per heavy atom. The van der Waals surface area contributed by atoms with Crippen LogP contribution < -0.4 is 0 Å². The molecule has 0 fully saturated rings. The molecule has 0 atom stereocenters. The molecule has 2 heterocycles. The molecular formula is C20H16N2O. The first kappa shape index (κ1) is 14.9.